The summed E-state index contributed by atoms with van der Waals surface area (Å²) in [7, 11) is 0. The van der Waals surface area contributed by atoms with Crippen molar-refractivity contribution in [3.8, 4) is 0 Å². The fourth-order valence-corrected chi connectivity index (χ4v) is 4.61. The van der Waals surface area contributed by atoms with Crippen LogP contribution in [0, 0.1) is 11.3 Å². The second-order valence-corrected chi connectivity index (χ2v) is 8.71. The molecule has 0 aromatic carbocycles. The first kappa shape index (κ1) is 15.2. The second kappa shape index (κ2) is 6.51. The Labute approximate surface area is 123 Å². The Morgan fingerprint density at radius 3 is 2.47 bits per heavy atom. The van der Waals surface area contributed by atoms with Crippen LogP contribution in [0.2, 0.25) is 0 Å². The number of nitrogens with one attached hydrogen (secondary N) is 1. The molecule has 2 aliphatic rings. The van der Waals surface area contributed by atoms with E-state index in [0.717, 1.165) is 12.5 Å². The summed E-state index contributed by atoms with van der Waals surface area (Å²) in [4.78, 5) is 4.70. The Kier molecular flexibility index (Phi) is 5.22. The Bertz CT molecular complexity index is 311. The van der Waals surface area contributed by atoms with E-state index in [1.807, 2.05) is 11.8 Å². The molecule has 1 heterocycles. The summed E-state index contributed by atoms with van der Waals surface area (Å²) in [6.45, 7) is 10.3. The number of nitrogens with zero attached hydrogens (tertiary/aromatic N) is 1. The van der Waals surface area contributed by atoms with Gasteiger partial charge in [0.25, 0.3) is 0 Å². The second-order valence-electron chi connectivity index (χ2n) is 7.42. The quantitative estimate of drug-likeness (QED) is 0.827. The summed E-state index contributed by atoms with van der Waals surface area (Å²) in [5, 5.41) is 5.60. The van der Waals surface area contributed by atoms with E-state index in [1.165, 1.54) is 43.7 Å². The predicted molar refractivity (Wildman–Crippen MR) is 86.9 cm³/mol. The van der Waals surface area contributed by atoms with E-state index in [1.54, 1.807) is 0 Å². The van der Waals surface area contributed by atoms with Crippen molar-refractivity contribution < 1.29 is 0 Å². The topological polar surface area (TPSA) is 24.4 Å². The lowest BCUT2D eigenvalue weighted by molar-refractivity contribution is 0.306. The average Bonchev–Trinajstić information content (AvgIpc) is 2.75. The molecule has 0 aromatic heterocycles. The number of hydrogen-bond acceptors (Lipinski definition) is 3. The molecule has 1 saturated carbocycles. The van der Waals surface area contributed by atoms with Crippen LogP contribution in [0.5, 0.6) is 0 Å². The van der Waals surface area contributed by atoms with Crippen LogP contribution < -0.4 is 5.32 Å². The lowest BCUT2D eigenvalue weighted by Crippen LogP contribution is -2.35. The molecule has 0 spiro atoms. The lowest BCUT2D eigenvalue weighted by atomic mass is 9.85. The molecule has 110 valence electrons. The SMILES string of the molecule is CCC1CCC(NC2=NCC(CC(C)(C)C)S2)CC1. The van der Waals surface area contributed by atoms with E-state index in [4.69, 9.17) is 4.99 Å². The Morgan fingerprint density at radius 1 is 1.21 bits per heavy atom. The first-order valence-corrected chi connectivity index (χ1v) is 8.82. The highest BCUT2D eigenvalue weighted by Gasteiger charge is 2.27. The predicted octanol–water partition coefficient (Wildman–Crippen LogP) is 4.45. The van der Waals surface area contributed by atoms with Gasteiger partial charge in [-0.15, -0.1) is 0 Å². The summed E-state index contributed by atoms with van der Waals surface area (Å²) >= 11 is 1.98. The maximum absolute atomic E-state index is 4.70. The molecular weight excluding hydrogens is 252 g/mol. The van der Waals surface area contributed by atoms with Crippen molar-refractivity contribution in [2.24, 2.45) is 16.3 Å². The zero-order valence-electron chi connectivity index (χ0n) is 13.0. The van der Waals surface area contributed by atoms with Crippen LogP contribution >= 0.6 is 11.8 Å². The zero-order chi connectivity index (χ0) is 13.9. The van der Waals surface area contributed by atoms with Crippen LogP contribution in [0.25, 0.3) is 0 Å². The number of aliphatic imine (C=N–C) groups is 1. The highest BCUT2D eigenvalue weighted by molar-refractivity contribution is 8.14. The van der Waals surface area contributed by atoms with E-state index in [-0.39, 0.29) is 0 Å². The van der Waals surface area contributed by atoms with Crippen LogP contribution in [0.3, 0.4) is 0 Å². The van der Waals surface area contributed by atoms with E-state index in [9.17, 15) is 0 Å². The third-order valence-corrected chi connectivity index (χ3v) is 5.43. The normalized spacial score (nSPS) is 32.2. The van der Waals surface area contributed by atoms with Gasteiger partial charge >= 0.3 is 0 Å². The molecule has 0 bridgehead atoms. The summed E-state index contributed by atoms with van der Waals surface area (Å²) in [6.07, 6.45) is 8.09. The molecule has 1 N–H and O–H groups in total. The monoisotopic (exact) mass is 282 g/mol. The van der Waals surface area contributed by atoms with E-state index in [2.05, 4.69) is 33.0 Å². The molecule has 0 amide bonds. The number of hydrogen-bond donors (Lipinski definition) is 1. The standard InChI is InChI=1S/C16H30N2S/c1-5-12-6-8-13(9-7-12)18-15-17-11-14(19-15)10-16(2,3)4/h12-14H,5-11H2,1-4H3,(H,17,18). The van der Waals surface area contributed by atoms with Crippen molar-refractivity contribution in [1.29, 1.82) is 0 Å². The Morgan fingerprint density at radius 2 is 1.89 bits per heavy atom. The summed E-state index contributed by atoms with van der Waals surface area (Å²) in [5.74, 6) is 0.977. The molecule has 2 rings (SSSR count). The molecule has 1 unspecified atom stereocenters. The van der Waals surface area contributed by atoms with Gasteiger partial charge < -0.3 is 5.32 Å². The third-order valence-electron chi connectivity index (χ3n) is 4.31. The van der Waals surface area contributed by atoms with Gasteiger partial charge in [0.2, 0.25) is 0 Å². The molecule has 1 atom stereocenters. The summed E-state index contributed by atoms with van der Waals surface area (Å²) in [5.41, 5.74) is 0.418. The van der Waals surface area contributed by atoms with Gasteiger partial charge in [-0.25, -0.2) is 0 Å². The fraction of sp³-hybridized carbons (Fsp3) is 0.938. The molecule has 1 aliphatic heterocycles. The maximum atomic E-state index is 4.70. The molecule has 0 aromatic rings. The van der Waals surface area contributed by atoms with Crippen LogP contribution in [-0.2, 0) is 0 Å². The molecule has 0 radical (unpaired) electrons. The minimum absolute atomic E-state index is 0.418. The summed E-state index contributed by atoms with van der Waals surface area (Å²) < 4.78 is 0. The number of rotatable bonds is 3. The first-order valence-electron chi connectivity index (χ1n) is 7.94. The molecular formula is C16H30N2S. The van der Waals surface area contributed by atoms with E-state index >= 15 is 0 Å². The van der Waals surface area contributed by atoms with Crippen molar-refractivity contribution >= 4 is 16.9 Å². The molecule has 19 heavy (non-hydrogen) atoms. The molecule has 0 saturated heterocycles. The highest BCUT2D eigenvalue weighted by Crippen LogP contribution is 2.32. The van der Waals surface area contributed by atoms with Gasteiger partial charge in [-0.05, 0) is 43.4 Å². The lowest BCUT2D eigenvalue weighted by Gasteiger charge is -2.29. The van der Waals surface area contributed by atoms with Crippen LogP contribution in [-0.4, -0.2) is 23.0 Å². The van der Waals surface area contributed by atoms with Crippen LogP contribution in [0.15, 0.2) is 4.99 Å². The van der Waals surface area contributed by atoms with Crippen LogP contribution in [0.4, 0.5) is 0 Å². The average molecular weight is 282 g/mol. The summed E-state index contributed by atoms with van der Waals surface area (Å²) in [6, 6.07) is 0.683. The van der Waals surface area contributed by atoms with E-state index in [0.29, 0.717) is 16.7 Å². The van der Waals surface area contributed by atoms with E-state index < -0.39 is 0 Å². The Balaban J connectivity index is 1.71. The first-order chi connectivity index (χ1) is 8.96. The fourth-order valence-electron chi connectivity index (χ4n) is 3.18. The van der Waals surface area contributed by atoms with Crippen molar-refractivity contribution in [3.05, 3.63) is 0 Å². The molecule has 1 aliphatic carbocycles. The smallest absolute Gasteiger partial charge is 0.157 e. The van der Waals surface area contributed by atoms with Crippen molar-refractivity contribution in [3.63, 3.8) is 0 Å². The van der Waals surface area contributed by atoms with Crippen molar-refractivity contribution in [2.45, 2.75) is 77.5 Å². The number of amidine groups is 1. The van der Waals surface area contributed by atoms with Gasteiger partial charge in [0.1, 0.15) is 0 Å². The number of thioether (sulfide) groups is 1. The van der Waals surface area contributed by atoms with Gasteiger partial charge in [-0.3, -0.25) is 4.99 Å². The molecule has 3 heteroatoms. The molecule has 1 fully saturated rings. The Hall–Kier alpha value is -0.180. The van der Waals surface area contributed by atoms with Gasteiger partial charge in [-0.1, -0.05) is 45.9 Å². The minimum atomic E-state index is 0.418. The van der Waals surface area contributed by atoms with Gasteiger partial charge in [-0.2, -0.15) is 0 Å². The largest absolute Gasteiger partial charge is 0.362 e. The maximum Gasteiger partial charge on any atom is 0.157 e. The zero-order valence-corrected chi connectivity index (χ0v) is 13.9. The van der Waals surface area contributed by atoms with Gasteiger partial charge in [0.05, 0.1) is 6.54 Å². The van der Waals surface area contributed by atoms with Crippen molar-refractivity contribution in [2.75, 3.05) is 6.54 Å². The van der Waals surface area contributed by atoms with Crippen molar-refractivity contribution in [1.82, 2.24) is 5.32 Å². The van der Waals surface area contributed by atoms with Gasteiger partial charge in [0, 0.05) is 11.3 Å². The highest BCUT2D eigenvalue weighted by atomic mass is 32.2. The molecule has 2 nitrogen and oxygen atoms in total. The minimum Gasteiger partial charge on any atom is -0.362 e. The van der Waals surface area contributed by atoms with Crippen LogP contribution in [0.1, 0.15) is 66.2 Å². The van der Waals surface area contributed by atoms with Gasteiger partial charge in [0.15, 0.2) is 5.17 Å². The third kappa shape index (κ3) is 5.02.